The first-order chi connectivity index (χ1) is 14.1. The topological polar surface area (TPSA) is 96.5 Å². The largest absolute Gasteiger partial charge is 0.444 e. The lowest BCUT2D eigenvalue weighted by atomic mass is 10.1. The van der Waals surface area contributed by atoms with Crippen LogP contribution >= 0.6 is 11.6 Å². The Labute approximate surface area is 181 Å². The summed E-state index contributed by atoms with van der Waals surface area (Å²) in [6, 6.07) is 13.9. The standard InChI is InChI=1S/C22H26ClN3O4/c1-22(2,3)30-21(29)24-13-12-19(27)25-14-15-8-10-16(11-9-15)26-20(28)17-6-4-5-7-18(17)23/h4-11H,12-14H2,1-3H3,(H,24,29)(H,25,27)(H,26,28). The number of alkyl carbamates (subject to hydrolysis) is 1. The Bertz CT molecular complexity index is 892. The molecule has 0 aliphatic heterocycles. The zero-order chi connectivity index (χ0) is 22.1. The Morgan fingerprint density at radius 3 is 2.27 bits per heavy atom. The van der Waals surface area contributed by atoms with Crippen molar-refractivity contribution in [3.8, 4) is 0 Å². The lowest BCUT2D eigenvalue weighted by Crippen LogP contribution is -2.35. The summed E-state index contributed by atoms with van der Waals surface area (Å²) in [4.78, 5) is 35.7. The number of benzene rings is 2. The fourth-order valence-electron chi connectivity index (χ4n) is 2.43. The molecule has 0 aliphatic carbocycles. The van der Waals surface area contributed by atoms with Gasteiger partial charge in [0.05, 0.1) is 10.6 Å². The van der Waals surface area contributed by atoms with Gasteiger partial charge in [-0.1, -0.05) is 35.9 Å². The zero-order valence-electron chi connectivity index (χ0n) is 17.3. The molecule has 2 aromatic rings. The second-order valence-corrected chi connectivity index (χ2v) is 7.99. The van der Waals surface area contributed by atoms with Crippen molar-refractivity contribution >= 4 is 35.2 Å². The molecule has 0 atom stereocenters. The van der Waals surface area contributed by atoms with E-state index in [0.717, 1.165) is 5.56 Å². The molecule has 0 bridgehead atoms. The van der Waals surface area contributed by atoms with Crippen molar-refractivity contribution in [3.63, 3.8) is 0 Å². The van der Waals surface area contributed by atoms with Crippen LogP contribution in [-0.4, -0.2) is 30.1 Å². The smallest absolute Gasteiger partial charge is 0.407 e. The third-order valence-corrected chi connectivity index (χ3v) is 4.17. The van der Waals surface area contributed by atoms with E-state index in [1.54, 1.807) is 69.3 Å². The molecule has 3 amide bonds. The van der Waals surface area contributed by atoms with Gasteiger partial charge in [-0.05, 0) is 50.6 Å². The first-order valence-corrected chi connectivity index (χ1v) is 9.90. The lowest BCUT2D eigenvalue weighted by Gasteiger charge is -2.19. The predicted molar refractivity (Wildman–Crippen MR) is 117 cm³/mol. The van der Waals surface area contributed by atoms with Gasteiger partial charge in [0.25, 0.3) is 5.91 Å². The van der Waals surface area contributed by atoms with Crippen LogP contribution in [-0.2, 0) is 16.1 Å². The van der Waals surface area contributed by atoms with Gasteiger partial charge in [-0.2, -0.15) is 0 Å². The van der Waals surface area contributed by atoms with E-state index in [-0.39, 0.29) is 24.8 Å². The summed E-state index contributed by atoms with van der Waals surface area (Å²) in [5, 5.41) is 8.49. The van der Waals surface area contributed by atoms with Crippen LogP contribution in [0.25, 0.3) is 0 Å². The minimum absolute atomic E-state index is 0.144. The van der Waals surface area contributed by atoms with E-state index >= 15 is 0 Å². The Balaban J connectivity index is 1.74. The average Bonchev–Trinajstić information content (AvgIpc) is 2.66. The van der Waals surface area contributed by atoms with E-state index in [1.807, 2.05) is 0 Å². The number of halogens is 1. The molecule has 0 aliphatic rings. The number of ether oxygens (including phenoxy) is 1. The van der Waals surface area contributed by atoms with Crippen molar-refractivity contribution in [2.24, 2.45) is 0 Å². The average molecular weight is 432 g/mol. The van der Waals surface area contributed by atoms with Crippen LogP contribution < -0.4 is 16.0 Å². The molecule has 0 radical (unpaired) electrons. The number of hydrogen-bond acceptors (Lipinski definition) is 4. The number of nitrogens with one attached hydrogen (secondary N) is 3. The molecule has 0 saturated carbocycles. The maximum absolute atomic E-state index is 12.3. The maximum atomic E-state index is 12.3. The number of carbonyl (C=O) groups excluding carboxylic acids is 3. The van der Waals surface area contributed by atoms with Crippen LogP contribution in [0.5, 0.6) is 0 Å². The molecule has 0 unspecified atom stereocenters. The summed E-state index contributed by atoms with van der Waals surface area (Å²) < 4.78 is 5.10. The third kappa shape index (κ3) is 8.13. The zero-order valence-corrected chi connectivity index (χ0v) is 18.0. The highest BCUT2D eigenvalue weighted by Gasteiger charge is 2.16. The van der Waals surface area contributed by atoms with Crippen LogP contribution in [0.2, 0.25) is 5.02 Å². The van der Waals surface area contributed by atoms with Crippen LogP contribution in [0.3, 0.4) is 0 Å². The van der Waals surface area contributed by atoms with Crippen LogP contribution in [0.1, 0.15) is 43.1 Å². The summed E-state index contributed by atoms with van der Waals surface area (Å²) in [6.45, 7) is 5.84. The SMILES string of the molecule is CC(C)(C)OC(=O)NCCC(=O)NCc1ccc(NC(=O)c2ccccc2Cl)cc1. The Morgan fingerprint density at radius 1 is 0.967 bits per heavy atom. The van der Waals surface area contributed by atoms with E-state index in [0.29, 0.717) is 22.8 Å². The first-order valence-electron chi connectivity index (χ1n) is 9.52. The predicted octanol–water partition coefficient (Wildman–Crippen LogP) is 4.12. The van der Waals surface area contributed by atoms with Gasteiger partial charge in [-0.3, -0.25) is 9.59 Å². The molecule has 3 N–H and O–H groups in total. The van der Waals surface area contributed by atoms with Gasteiger partial charge < -0.3 is 20.7 Å². The molecule has 2 aromatic carbocycles. The van der Waals surface area contributed by atoms with Crippen molar-refractivity contribution in [2.45, 2.75) is 39.3 Å². The fourth-order valence-corrected chi connectivity index (χ4v) is 2.65. The van der Waals surface area contributed by atoms with E-state index in [2.05, 4.69) is 16.0 Å². The van der Waals surface area contributed by atoms with Crippen molar-refractivity contribution in [2.75, 3.05) is 11.9 Å². The summed E-state index contributed by atoms with van der Waals surface area (Å²) in [7, 11) is 0. The second-order valence-electron chi connectivity index (χ2n) is 7.59. The number of carbonyl (C=O) groups is 3. The molecule has 0 saturated heterocycles. The fraction of sp³-hybridized carbons (Fsp3) is 0.318. The minimum Gasteiger partial charge on any atom is -0.444 e. The van der Waals surface area contributed by atoms with Gasteiger partial charge in [-0.25, -0.2) is 4.79 Å². The van der Waals surface area contributed by atoms with Gasteiger partial charge >= 0.3 is 6.09 Å². The highest BCUT2D eigenvalue weighted by molar-refractivity contribution is 6.34. The molecule has 0 spiro atoms. The van der Waals surface area contributed by atoms with Gasteiger partial charge in [0.1, 0.15) is 5.60 Å². The molecular weight excluding hydrogens is 406 g/mol. The molecule has 0 heterocycles. The van der Waals surface area contributed by atoms with Gasteiger partial charge in [0, 0.05) is 25.2 Å². The van der Waals surface area contributed by atoms with Crippen LogP contribution in [0.15, 0.2) is 48.5 Å². The minimum atomic E-state index is -0.578. The summed E-state index contributed by atoms with van der Waals surface area (Å²) in [5.41, 5.74) is 1.32. The summed E-state index contributed by atoms with van der Waals surface area (Å²) in [5.74, 6) is -0.485. The molecule has 8 heteroatoms. The second kappa shape index (κ2) is 10.6. The molecule has 7 nitrogen and oxygen atoms in total. The Hall–Kier alpha value is -3.06. The number of rotatable bonds is 7. The number of anilines is 1. The molecule has 0 fully saturated rings. The molecular formula is C22H26ClN3O4. The summed E-state index contributed by atoms with van der Waals surface area (Å²) in [6.07, 6.45) is -0.407. The first kappa shape index (κ1) is 23.2. The number of amides is 3. The highest BCUT2D eigenvalue weighted by atomic mass is 35.5. The monoisotopic (exact) mass is 431 g/mol. The summed E-state index contributed by atoms with van der Waals surface area (Å²) >= 11 is 6.03. The Morgan fingerprint density at radius 2 is 1.63 bits per heavy atom. The van der Waals surface area contributed by atoms with Crippen molar-refractivity contribution in [3.05, 3.63) is 64.7 Å². The Kier molecular flexibility index (Phi) is 8.24. The van der Waals surface area contributed by atoms with Crippen molar-refractivity contribution < 1.29 is 19.1 Å². The van der Waals surface area contributed by atoms with Gasteiger partial charge in [0.15, 0.2) is 0 Å². The maximum Gasteiger partial charge on any atom is 0.407 e. The molecule has 0 aromatic heterocycles. The van der Waals surface area contributed by atoms with E-state index < -0.39 is 11.7 Å². The van der Waals surface area contributed by atoms with Crippen molar-refractivity contribution in [1.82, 2.24) is 10.6 Å². The van der Waals surface area contributed by atoms with Crippen LogP contribution in [0, 0.1) is 0 Å². The van der Waals surface area contributed by atoms with Gasteiger partial charge in [-0.15, -0.1) is 0 Å². The lowest BCUT2D eigenvalue weighted by molar-refractivity contribution is -0.121. The van der Waals surface area contributed by atoms with Gasteiger partial charge in [0.2, 0.25) is 5.91 Å². The van der Waals surface area contributed by atoms with Crippen molar-refractivity contribution in [1.29, 1.82) is 0 Å². The number of hydrogen-bond donors (Lipinski definition) is 3. The third-order valence-electron chi connectivity index (χ3n) is 3.84. The highest BCUT2D eigenvalue weighted by Crippen LogP contribution is 2.17. The molecule has 160 valence electrons. The molecule has 30 heavy (non-hydrogen) atoms. The quantitative estimate of drug-likeness (QED) is 0.614. The normalized spacial score (nSPS) is 10.8. The van der Waals surface area contributed by atoms with Crippen LogP contribution in [0.4, 0.5) is 10.5 Å². The van der Waals surface area contributed by atoms with E-state index in [1.165, 1.54) is 0 Å². The van der Waals surface area contributed by atoms with E-state index in [4.69, 9.17) is 16.3 Å². The molecule has 2 rings (SSSR count). The van der Waals surface area contributed by atoms with E-state index in [9.17, 15) is 14.4 Å².